The Kier molecular flexibility index (Phi) is 2.55. The molecule has 3 nitrogen and oxygen atoms in total. The summed E-state index contributed by atoms with van der Waals surface area (Å²) in [4.78, 5) is 10.7. The first-order valence-electron chi connectivity index (χ1n) is 4.40. The highest BCUT2D eigenvalue weighted by Crippen LogP contribution is 2.18. The molecular weight excluding hydrogens is 164 g/mol. The van der Waals surface area contributed by atoms with Gasteiger partial charge in [0.15, 0.2) is 0 Å². The molecule has 0 spiro atoms. The van der Waals surface area contributed by atoms with E-state index in [-0.39, 0.29) is 5.41 Å². The molecule has 0 fully saturated rings. The van der Waals surface area contributed by atoms with E-state index in [0.29, 0.717) is 6.42 Å². The SMILES string of the molecule is Cc1cc(CC(C)(C)C=O)nn1C. The maximum Gasteiger partial charge on any atom is 0.125 e. The number of rotatable bonds is 3. The molecule has 0 aliphatic carbocycles. The van der Waals surface area contributed by atoms with E-state index in [0.717, 1.165) is 17.7 Å². The number of nitrogens with zero attached hydrogens (tertiary/aromatic N) is 2. The quantitative estimate of drug-likeness (QED) is 0.661. The summed E-state index contributed by atoms with van der Waals surface area (Å²) < 4.78 is 1.83. The van der Waals surface area contributed by atoms with Gasteiger partial charge in [0, 0.05) is 24.6 Å². The average Bonchev–Trinajstić information content (AvgIpc) is 2.30. The van der Waals surface area contributed by atoms with E-state index >= 15 is 0 Å². The van der Waals surface area contributed by atoms with Gasteiger partial charge in [-0.3, -0.25) is 4.68 Å². The van der Waals surface area contributed by atoms with Crippen LogP contribution in [0.25, 0.3) is 0 Å². The van der Waals surface area contributed by atoms with E-state index in [9.17, 15) is 4.79 Å². The molecule has 1 heterocycles. The molecular formula is C10H16N2O. The second-order valence-corrected chi connectivity index (χ2v) is 4.18. The van der Waals surface area contributed by atoms with Gasteiger partial charge in [0.2, 0.25) is 0 Å². The number of aldehydes is 1. The summed E-state index contributed by atoms with van der Waals surface area (Å²) in [6.45, 7) is 5.85. The largest absolute Gasteiger partial charge is 0.303 e. The highest BCUT2D eigenvalue weighted by molar-refractivity contribution is 5.58. The number of carbonyl (C=O) groups excluding carboxylic acids is 1. The Morgan fingerprint density at radius 1 is 1.62 bits per heavy atom. The first kappa shape index (κ1) is 9.96. The zero-order valence-corrected chi connectivity index (χ0v) is 8.66. The van der Waals surface area contributed by atoms with Crippen molar-refractivity contribution in [2.24, 2.45) is 12.5 Å². The molecule has 72 valence electrons. The zero-order chi connectivity index (χ0) is 10.1. The molecule has 0 unspecified atom stereocenters. The minimum Gasteiger partial charge on any atom is -0.303 e. The van der Waals surface area contributed by atoms with Gasteiger partial charge in [-0.15, -0.1) is 0 Å². The lowest BCUT2D eigenvalue weighted by Gasteiger charge is -2.13. The van der Waals surface area contributed by atoms with Crippen molar-refractivity contribution in [3.8, 4) is 0 Å². The predicted molar refractivity (Wildman–Crippen MR) is 51.5 cm³/mol. The normalized spacial score (nSPS) is 11.7. The second-order valence-electron chi connectivity index (χ2n) is 4.18. The summed E-state index contributed by atoms with van der Waals surface area (Å²) in [7, 11) is 1.91. The van der Waals surface area contributed by atoms with Crippen LogP contribution < -0.4 is 0 Å². The number of aromatic nitrogens is 2. The number of carbonyl (C=O) groups is 1. The fraction of sp³-hybridized carbons (Fsp3) is 0.600. The minimum atomic E-state index is -0.305. The number of aryl methyl sites for hydroxylation is 2. The van der Waals surface area contributed by atoms with Gasteiger partial charge in [0.1, 0.15) is 6.29 Å². The maximum atomic E-state index is 10.7. The van der Waals surface area contributed by atoms with Crippen LogP contribution in [0.2, 0.25) is 0 Å². The van der Waals surface area contributed by atoms with Crippen molar-refractivity contribution in [3.63, 3.8) is 0 Å². The van der Waals surface area contributed by atoms with Gasteiger partial charge in [0.25, 0.3) is 0 Å². The molecule has 1 aromatic heterocycles. The van der Waals surface area contributed by atoms with Crippen LogP contribution in [0.5, 0.6) is 0 Å². The predicted octanol–water partition coefficient (Wildman–Crippen LogP) is 1.50. The third-order valence-corrected chi connectivity index (χ3v) is 2.12. The molecule has 1 aromatic rings. The zero-order valence-electron chi connectivity index (χ0n) is 8.66. The molecule has 0 aromatic carbocycles. The van der Waals surface area contributed by atoms with E-state index in [1.165, 1.54) is 0 Å². The van der Waals surface area contributed by atoms with Crippen LogP contribution in [-0.2, 0) is 18.3 Å². The molecule has 0 N–H and O–H groups in total. The van der Waals surface area contributed by atoms with Crippen molar-refractivity contribution in [3.05, 3.63) is 17.5 Å². The summed E-state index contributed by atoms with van der Waals surface area (Å²) in [5, 5.41) is 4.30. The first-order chi connectivity index (χ1) is 5.94. The molecule has 0 aliphatic heterocycles. The van der Waals surface area contributed by atoms with Crippen LogP contribution in [-0.4, -0.2) is 16.1 Å². The molecule has 0 radical (unpaired) electrons. The Labute approximate surface area is 78.8 Å². The topological polar surface area (TPSA) is 34.9 Å². The van der Waals surface area contributed by atoms with Gasteiger partial charge >= 0.3 is 0 Å². The smallest absolute Gasteiger partial charge is 0.125 e. The van der Waals surface area contributed by atoms with E-state index < -0.39 is 0 Å². The third kappa shape index (κ3) is 2.41. The van der Waals surface area contributed by atoms with Crippen LogP contribution >= 0.6 is 0 Å². The standard InChI is InChI=1S/C10H16N2O/c1-8-5-9(11-12(8)4)6-10(2,3)7-13/h5,7H,6H2,1-4H3. The highest BCUT2D eigenvalue weighted by Gasteiger charge is 2.18. The molecule has 3 heteroatoms. The number of hydrogen-bond donors (Lipinski definition) is 0. The summed E-state index contributed by atoms with van der Waals surface area (Å²) in [6.07, 6.45) is 1.69. The molecule has 0 amide bonds. The monoisotopic (exact) mass is 180 g/mol. The number of hydrogen-bond acceptors (Lipinski definition) is 2. The summed E-state index contributed by atoms with van der Waals surface area (Å²) >= 11 is 0. The van der Waals surface area contributed by atoms with Crippen LogP contribution in [0.4, 0.5) is 0 Å². The molecule has 0 saturated carbocycles. The molecule has 0 bridgehead atoms. The fourth-order valence-electron chi connectivity index (χ4n) is 1.23. The second kappa shape index (κ2) is 3.32. The third-order valence-electron chi connectivity index (χ3n) is 2.12. The van der Waals surface area contributed by atoms with Crippen molar-refractivity contribution in [1.82, 2.24) is 9.78 Å². The maximum absolute atomic E-state index is 10.7. The molecule has 13 heavy (non-hydrogen) atoms. The first-order valence-corrected chi connectivity index (χ1v) is 4.40. The van der Waals surface area contributed by atoms with Crippen LogP contribution in [0.15, 0.2) is 6.07 Å². The van der Waals surface area contributed by atoms with Crippen molar-refractivity contribution >= 4 is 6.29 Å². The van der Waals surface area contributed by atoms with Gasteiger partial charge in [-0.2, -0.15) is 5.10 Å². The summed E-state index contributed by atoms with van der Waals surface area (Å²) in [5.41, 5.74) is 1.80. The van der Waals surface area contributed by atoms with Gasteiger partial charge in [0.05, 0.1) is 5.69 Å². The van der Waals surface area contributed by atoms with Crippen molar-refractivity contribution in [2.75, 3.05) is 0 Å². The Morgan fingerprint density at radius 2 is 2.23 bits per heavy atom. The van der Waals surface area contributed by atoms with Gasteiger partial charge < -0.3 is 4.79 Å². The molecule has 0 atom stereocenters. The summed E-state index contributed by atoms with van der Waals surface area (Å²) in [6, 6.07) is 2.02. The Balaban J connectivity index is 2.80. The van der Waals surface area contributed by atoms with Crippen molar-refractivity contribution in [2.45, 2.75) is 27.2 Å². The molecule has 0 aliphatic rings. The summed E-state index contributed by atoms with van der Waals surface area (Å²) in [5.74, 6) is 0. The van der Waals surface area contributed by atoms with E-state index in [4.69, 9.17) is 0 Å². The minimum absolute atomic E-state index is 0.305. The lowest BCUT2D eigenvalue weighted by Crippen LogP contribution is -2.16. The lowest BCUT2D eigenvalue weighted by atomic mass is 9.90. The van der Waals surface area contributed by atoms with Crippen molar-refractivity contribution < 1.29 is 4.79 Å². The fourth-order valence-corrected chi connectivity index (χ4v) is 1.23. The van der Waals surface area contributed by atoms with Gasteiger partial charge in [-0.05, 0) is 13.0 Å². The van der Waals surface area contributed by atoms with Crippen LogP contribution in [0.1, 0.15) is 25.2 Å². The van der Waals surface area contributed by atoms with Gasteiger partial charge in [-0.25, -0.2) is 0 Å². The van der Waals surface area contributed by atoms with Crippen LogP contribution in [0.3, 0.4) is 0 Å². The van der Waals surface area contributed by atoms with Crippen molar-refractivity contribution in [1.29, 1.82) is 0 Å². The highest BCUT2D eigenvalue weighted by atomic mass is 16.1. The molecule has 1 rings (SSSR count). The van der Waals surface area contributed by atoms with E-state index in [1.54, 1.807) is 0 Å². The Bertz CT molecular complexity index is 293. The van der Waals surface area contributed by atoms with Gasteiger partial charge in [-0.1, -0.05) is 13.8 Å². The Morgan fingerprint density at radius 3 is 2.62 bits per heavy atom. The Hall–Kier alpha value is -1.12. The van der Waals surface area contributed by atoms with E-state index in [1.807, 2.05) is 38.6 Å². The molecule has 0 saturated heterocycles. The van der Waals surface area contributed by atoms with Crippen LogP contribution in [0, 0.1) is 12.3 Å². The average molecular weight is 180 g/mol. The lowest BCUT2D eigenvalue weighted by molar-refractivity contribution is -0.114. The van der Waals surface area contributed by atoms with E-state index in [2.05, 4.69) is 5.10 Å².